The standard InChI is InChI=1S/C59H46N4S2/c1-57(2)41-15-7-11-19-49(41)62(51-29-23-35(31-45(51)57)55-60-47-17-9-13-21-53(47)64-55)37-25-27-39-40-28-26-38(34-44(40)59(5,6)43(39)33-37)63-50-20-12-8-16-42(50)58(3,4)46-32-36(24-30-52(46)63)56-61-48-18-10-14-22-54(48)65-56/h7-34H,1-6H3. The van der Waals surface area contributed by atoms with Crippen LogP contribution in [0.1, 0.15) is 74.9 Å². The highest BCUT2D eigenvalue weighted by atomic mass is 32.1. The topological polar surface area (TPSA) is 32.3 Å². The molecule has 0 N–H and O–H groups in total. The maximum absolute atomic E-state index is 5.06. The summed E-state index contributed by atoms with van der Waals surface area (Å²) in [7, 11) is 0. The average molecular weight is 875 g/mol. The van der Waals surface area contributed by atoms with Crippen molar-refractivity contribution < 1.29 is 0 Å². The molecular formula is C59H46N4S2. The summed E-state index contributed by atoms with van der Waals surface area (Å²) < 4.78 is 2.43. The Morgan fingerprint density at radius 2 is 0.738 bits per heavy atom. The molecule has 10 aromatic rings. The highest BCUT2D eigenvalue weighted by molar-refractivity contribution is 7.22. The number of hydrogen-bond acceptors (Lipinski definition) is 6. The van der Waals surface area contributed by atoms with Gasteiger partial charge in [-0.1, -0.05) is 114 Å². The van der Waals surface area contributed by atoms with Gasteiger partial charge >= 0.3 is 0 Å². The Balaban J connectivity index is 0.911. The van der Waals surface area contributed by atoms with Crippen LogP contribution >= 0.6 is 22.7 Å². The van der Waals surface area contributed by atoms with Gasteiger partial charge in [-0.05, 0) is 142 Å². The molecule has 4 heterocycles. The van der Waals surface area contributed by atoms with Gasteiger partial charge in [0.05, 0.1) is 43.2 Å². The lowest BCUT2D eigenvalue weighted by molar-refractivity contribution is 0.631. The van der Waals surface area contributed by atoms with E-state index in [9.17, 15) is 0 Å². The Hall–Kier alpha value is -6.86. The first-order valence-electron chi connectivity index (χ1n) is 22.6. The number of nitrogens with zero attached hydrogens (tertiary/aromatic N) is 4. The number of hydrogen-bond donors (Lipinski definition) is 0. The fourth-order valence-corrected chi connectivity index (χ4v) is 13.1. The van der Waals surface area contributed by atoms with Gasteiger partial charge in [-0.3, -0.25) is 0 Å². The Morgan fingerprint density at radius 1 is 0.354 bits per heavy atom. The van der Waals surface area contributed by atoms with Crippen molar-refractivity contribution in [2.24, 2.45) is 0 Å². The first-order valence-corrected chi connectivity index (χ1v) is 24.2. The fourth-order valence-electron chi connectivity index (χ4n) is 11.2. The van der Waals surface area contributed by atoms with Crippen LogP contribution in [0.3, 0.4) is 0 Å². The van der Waals surface area contributed by atoms with E-state index in [0.29, 0.717) is 0 Å². The van der Waals surface area contributed by atoms with Crippen molar-refractivity contribution in [3.8, 4) is 32.3 Å². The van der Waals surface area contributed by atoms with E-state index in [2.05, 4.69) is 221 Å². The molecule has 65 heavy (non-hydrogen) atoms. The van der Waals surface area contributed by atoms with Crippen LogP contribution in [0.5, 0.6) is 0 Å². The second-order valence-electron chi connectivity index (χ2n) is 19.5. The van der Waals surface area contributed by atoms with Crippen molar-refractivity contribution in [3.63, 3.8) is 0 Å². The van der Waals surface area contributed by atoms with Crippen LogP contribution in [0.2, 0.25) is 0 Å². The molecule has 6 heteroatoms. The quantitative estimate of drug-likeness (QED) is 0.176. The van der Waals surface area contributed by atoms with Crippen LogP contribution in [0.15, 0.2) is 170 Å². The number of aromatic nitrogens is 2. The first kappa shape index (κ1) is 38.6. The molecule has 1 aliphatic carbocycles. The van der Waals surface area contributed by atoms with Crippen molar-refractivity contribution >= 4 is 77.2 Å². The molecule has 4 nitrogen and oxygen atoms in total. The lowest BCUT2D eigenvalue weighted by atomic mass is 9.73. The zero-order valence-corrected chi connectivity index (χ0v) is 38.9. The zero-order valence-electron chi connectivity index (χ0n) is 37.3. The monoisotopic (exact) mass is 874 g/mol. The molecule has 0 radical (unpaired) electrons. The van der Waals surface area contributed by atoms with Gasteiger partial charge in [0.1, 0.15) is 10.0 Å². The summed E-state index contributed by atoms with van der Waals surface area (Å²) in [6.07, 6.45) is 0. The Bertz CT molecular complexity index is 3320. The third kappa shape index (κ3) is 5.54. The number of fused-ring (bicyclic) bond motifs is 9. The molecule has 2 aromatic heterocycles. The normalized spacial score (nSPS) is 15.8. The second-order valence-corrected chi connectivity index (χ2v) is 21.5. The highest BCUT2D eigenvalue weighted by Gasteiger charge is 2.42. The van der Waals surface area contributed by atoms with Gasteiger partial charge in [0, 0.05) is 38.7 Å². The SMILES string of the molecule is CC1(C)c2cc(N3c4ccccc4C(C)(C)c4cc(-c5nc6ccccc6s5)ccc43)ccc2-c2ccc(N3c4ccccc4C(C)(C)c4cc(-c5nc6ccccc6s5)ccc43)cc21. The fraction of sp³-hybridized carbons (Fsp3) is 0.153. The second kappa shape index (κ2) is 13.6. The van der Waals surface area contributed by atoms with E-state index in [1.165, 1.54) is 88.0 Å². The van der Waals surface area contributed by atoms with Crippen LogP contribution in [0, 0.1) is 0 Å². The summed E-state index contributed by atoms with van der Waals surface area (Å²) in [6.45, 7) is 14.3. The lowest BCUT2D eigenvalue weighted by Gasteiger charge is -2.42. The number of thiazole rings is 2. The molecule has 13 rings (SSSR count). The minimum Gasteiger partial charge on any atom is -0.310 e. The van der Waals surface area contributed by atoms with E-state index in [-0.39, 0.29) is 16.2 Å². The van der Waals surface area contributed by atoms with Gasteiger partial charge < -0.3 is 9.80 Å². The molecule has 0 amide bonds. The van der Waals surface area contributed by atoms with E-state index in [0.717, 1.165) is 32.2 Å². The Morgan fingerprint density at radius 3 is 1.18 bits per heavy atom. The minimum atomic E-state index is -0.251. The third-order valence-electron chi connectivity index (χ3n) is 14.7. The summed E-state index contributed by atoms with van der Waals surface area (Å²) >= 11 is 3.53. The molecular weight excluding hydrogens is 829 g/mol. The van der Waals surface area contributed by atoms with Crippen LogP contribution in [0.25, 0.3) is 52.7 Å². The van der Waals surface area contributed by atoms with Gasteiger partial charge in [-0.15, -0.1) is 22.7 Å². The highest BCUT2D eigenvalue weighted by Crippen LogP contribution is 2.58. The van der Waals surface area contributed by atoms with Crippen LogP contribution in [0.4, 0.5) is 34.1 Å². The largest absolute Gasteiger partial charge is 0.310 e. The van der Waals surface area contributed by atoms with Gasteiger partial charge in [0.25, 0.3) is 0 Å². The molecule has 0 saturated heterocycles. The van der Waals surface area contributed by atoms with Gasteiger partial charge in [-0.25, -0.2) is 9.97 Å². The summed E-state index contributed by atoms with van der Waals surface area (Å²) in [4.78, 5) is 15.1. The predicted molar refractivity (Wildman–Crippen MR) is 275 cm³/mol. The maximum Gasteiger partial charge on any atom is 0.124 e. The van der Waals surface area contributed by atoms with Crippen molar-refractivity contribution in [2.75, 3.05) is 9.80 Å². The molecule has 0 bridgehead atoms. The molecule has 0 atom stereocenters. The number of rotatable bonds is 4. The molecule has 0 spiro atoms. The van der Waals surface area contributed by atoms with Crippen LogP contribution in [-0.2, 0) is 16.2 Å². The van der Waals surface area contributed by atoms with E-state index < -0.39 is 0 Å². The molecule has 314 valence electrons. The summed E-state index contributed by atoms with van der Waals surface area (Å²) in [5.74, 6) is 0. The van der Waals surface area contributed by atoms with E-state index in [1.807, 2.05) is 0 Å². The van der Waals surface area contributed by atoms with Crippen molar-refractivity contribution in [3.05, 3.63) is 203 Å². The molecule has 0 fully saturated rings. The first-order chi connectivity index (χ1) is 31.5. The minimum absolute atomic E-state index is 0.213. The van der Waals surface area contributed by atoms with Crippen LogP contribution in [-0.4, -0.2) is 9.97 Å². The predicted octanol–water partition coefficient (Wildman–Crippen LogP) is 16.8. The summed E-state index contributed by atoms with van der Waals surface area (Å²) in [6, 6.07) is 63.1. The van der Waals surface area contributed by atoms with Crippen molar-refractivity contribution in [2.45, 2.75) is 57.8 Å². The lowest BCUT2D eigenvalue weighted by Crippen LogP contribution is -2.31. The smallest absolute Gasteiger partial charge is 0.124 e. The maximum atomic E-state index is 5.06. The molecule has 0 saturated carbocycles. The number of benzene rings is 8. The van der Waals surface area contributed by atoms with Crippen molar-refractivity contribution in [1.82, 2.24) is 9.97 Å². The van der Waals surface area contributed by atoms with Crippen molar-refractivity contribution in [1.29, 1.82) is 0 Å². The van der Waals surface area contributed by atoms with E-state index in [4.69, 9.17) is 9.97 Å². The summed E-state index contributed by atoms with van der Waals surface area (Å²) in [5.41, 5.74) is 21.5. The van der Waals surface area contributed by atoms with Gasteiger partial charge in [0.2, 0.25) is 0 Å². The molecule has 0 unspecified atom stereocenters. The Kier molecular flexibility index (Phi) is 8.06. The number of para-hydroxylation sites is 4. The van der Waals surface area contributed by atoms with E-state index >= 15 is 0 Å². The summed E-state index contributed by atoms with van der Waals surface area (Å²) in [5, 5.41) is 2.11. The Labute approximate surface area is 388 Å². The average Bonchev–Trinajstić information content (AvgIpc) is 4.02. The number of anilines is 6. The van der Waals surface area contributed by atoms with Gasteiger partial charge in [0.15, 0.2) is 0 Å². The zero-order chi connectivity index (χ0) is 44.0. The third-order valence-corrected chi connectivity index (χ3v) is 16.9. The van der Waals surface area contributed by atoms with Gasteiger partial charge in [-0.2, -0.15) is 0 Å². The molecule has 2 aliphatic heterocycles. The van der Waals surface area contributed by atoms with Crippen LogP contribution < -0.4 is 9.80 Å². The molecule has 3 aliphatic rings. The van der Waals surface area contributed by atoms with E-state index in [1.54, 1.807) is 22.7 Å². The molecule has 8 aromatic carbocycles.